The van der Waals surface area contributed by atoms with Gasteiger partial charge in [-0.05, 0) is 41.0 Å². The minimum absolute atomic E-state index is 1.19. The molecule has 2 aromatic rings. The molecule has 0 spiro atoms. The van der Waals surface area contributed by atoms with Crippen LogP contribution in [-0.2, 0) is 0 Å². The Hall–Kier alpha value is -1.82. The van der Waals surface area contributed by atoms with E-state index in [4.69, 9.17) is 0 Å². The van der Waals surface area contributed by atoms with Gasteiger partial charge in [-0.25, -0.2) is 0 Å². The van der Waals surface area contributed by atoms with Crippen molar-refractivity contribution in [1.29, 1.82) is 0 Å². The molecule has 0 heterocycles. The second-order valence-corrected chi connectivity index (χ2v) is 3.53. The van der Waals surface area contributed by atoms with Crippen molar-refractivity contribution in [2.75, 3.05) is 0 Å². The van der Waals surface area contributed by atoms with E-state index in [-0.39, 0.29) is 0 Å². The fraction of sp³-hybridized carbons (Fsp3) is 0.0667. The molecule has 0 aliphatic heterocycles. The lowest BCUT2D eigenvalue weighted by Gasteiger charge is -2.04. The Bertz CT molecular complexity index is 519. The van der Waals surface area contributed by atoms with E-state index in [1.165, 1.54) is 21.9 Å². The van der Waals surface area contributed by atoms with E-state index in [2.05, 4.69) is 55.1 Å². The SMILES string of the molecule is C=Cc1cc2ccccc2cc1/C=C\C. The van der Waals surface area contributed by atoms with Gasteiger partial charge in [-0.2, -0.15) is 0 Å². The van der Waals surface area contributed by atoms with E-state index in [9.17, 15) is 0 Å². The molecule has 2 aromatic carbocycles. The summed E-state index contributed by atoms with van der Waals surface area (Å²) in [5.41, 5.74) is 2.41. The predicted molar refractivity (Wildman–Crippen MR) is 68.7 cm³/mol. The molecule has 0 saturated heterocycles. The summed E-state index contributed by atoms with van der Waals surface area (Å²) in [7, 11) is 0. The maximum Gasteiger partial charge on any atom is -0.0178 e. The van der Waals surface area contributed by atoms with E-state index in [1.54, 1.807) is 0 Å². The average molecular weight is 194 g/mol. The molecular weight excluding hydrogens is 180 g/mol. The Morgan fingerprint density at radius 1 is 1.00 bits per heavy atom. The highest BCUT2D eigenvalue weighted by Gasteiger charge is 1.98. The van der Waals surface area contributed by atoms with Gasteiger partial charge in [0.25, 0.3) is 0 Å². The van der Waals surface area contributed by atoms with Crippen LogP contribution in [-0.4, -0.2) is 0 Å². The first-order chi connectivity index (χ1) is 7.35. The number of rotatable bonds is 2. The molecule has 0 heteroatoms. The highest BCUT2D eigenvalue weighted by molar-refractivity contribution is 5.88. The lowest BCUT2D eigenvalue weighted by molar-refractivity contribution is 1.65. The normalized spacial score (nSPS) is 11.0. The molecule has 0 N–H and O–H groups in total. The van der Waals surface area contributed by atoms with E-state index < -0.39 is 0 Å². The zero-order valence-corrected chi connectivity index (χ0v) is 8.90. The van der Waals surface area contributed by atoms with Gasteiger partial charge >= 0.3 is 0 Å². The minimum Gasteiger partial charge on any atom is -0.0984 e. The number of hydrogen-bond donors (Lipinski definition) is 0. The molecule has 0 atom stereocenters. The lowest BCUT2D eigenvalue weighted by atomic mass is 10.0. The van der Waals surface area contributed by atoms with Gasteiger partial charge in [0, 0.05) is 0 Å². The molecule has 15 heavy (non-hydrogen) atoms. The summed E-state index contributed by atoms with van der Waals surface area (Å²) in [4.78, 5) is 0. The van der Waals surface area contributed by atoms with Crippen LogP contribution in [0.25, 0.3) is 22.9 Å². The number of hydrogen-bond acceptors (Lipinski definition) is 0. The summed E-state index contributed by atoms with van der Waals surface area (Å²) in [5, 5.41) is 2.54. The Balaban J connectivity index is 2.74. The van der Waals surface area contributed by atoms with Gasteiger partial charge < -0.3 is 0 Å². The van der Waals surface area contributed by atoms with Gasteiger partial charge in [0.15, 0.2) is 0 Å². The third-order valence-corrected chi connectivity index (χ3v) is 2.52. The summed E-state index contributed by atoms with van der Waals surface area (Å²) >= 11 is 0. The molecule has 0 fully saturated rings. The summed E-state index contributed by atoms with van der Waals surface area (Å²) < 4.78 is 0. The van der Waals surface area contributed by atoms with Crippen molar-refractivity contribution in [1.82, 2.24) is 0 Å². The molecule has 2 rings (SSSR count). The Kier molecular flexibility index (Phi) is 2.68. The topological polar surface area (TPSA) is 0 Å². The Morgan fingerprint density at radius 3 is 2.13 bits per heavy atom. The van der Waals surface area contributed by atoms with E-state index >= 15 is 0 Å². The van der Waals surface area contributed by atoms with Crippen LogP contribution in [0.4, 0.5) is 0 Å². The summed E-state index contributed by atoms with van der Waals surface area (Å²) in [5.74, 6) is 0. The van der Waals surface area contributed by atoms with E-state index in [0.29, 0.717) is 0 Å². The predicted octanol–water partition coefficient (Wildman–Crippen LogP) is 4.52. The standard InChI is InChI=1S/C15H14/c1-3-7-13-11-15-9-6-5-8-14(15)10-12(13)4-2/h3-11H,2H2,1H3/b7-3-. The van der Waals surface area contributed by atoms with Crippen molar-refractivity contribution in [2.24, 2.45) is 0 Å². The molecular formula is C15H14. The highest BCUT2D eigenvalue weighted by Crippen LogP contribution is 2.21. The van der Waals surface area contributed by atoms with Gasteiger partial charge in [0.1, 0.15) is 0 Å². The van der Waals surface area contributed by atoms with Crippen LogP contribution in [0, 0.1) is 0 Å². The maximum absolute atomic E-state index is 3.85. The van der Waals surface area contributed by atoms with Crippen LogP contribution < -0.4 is 0 Å². The molecule has 0 nitrogen and oxygen atoms in total. The molecule has 0 bridgehead atoms. The molecule has 0 saturated carbocycles. The fourth-order valence-electron chi connectivity index (χ4n) is 1.78. The average Bonchev–Trinajstić information content (AvgIpc) is 2.28. The van der Waals surface area contributed by atoms with Crippen LogP contribution in [0.5, 0.6) is 0 Å². The second kappa shape index (κ2) is 4.14. The van der Waals surface area contributed by atoms with Gasteiger partial charge in [-0.15, -0.1) is 0 Å². The van der Waals surface area contributed by atoms with Gasteiger partial charge in [-0.1, -0.05) is 49.1 Å². The smallest absolute Gasteiger partial charge is 0.0178 e. The van der Waals surface area contributed by atoms with Crippen molar-refractivity contribution >= 4 is 22.9 Å². The van der Waals surface area contributed by atoms with E-state index in [0.717, 1.165) is 0 Å². The summed E-state index contributed by atoms with van der Waals surface area (Å²) in [6.07, 6.45) is 6.07. The first kappa shape index (κ1) is 9.72. The molecule has 0 aliphatic carbocycles. The third-order valence-electron chi connectivity index (χ3n) is 2.52. The van der Waals surface area contributed by atoms with Gasteiger partial charge in [-0.3, -0.25) is 0 Å². The lowest BCUT2D eigenvalue weighted by Crippen LogP contribution is -1.82. The molecule has 0 aromatic heterocycles. The van der Waals surface area contributed by atoms with Crippen LogP contribution in [0.1, 0.15) is 18.1 Å². The summed E-state index contributed by atoms with van der Waals surface area (Å²) in [6, 6.07) is 12.8. The number of allylic oxidation sites excluding steroid dienone is 1. The van der Waals surface area contributed by atoms with Crippen LogP contribution >= 0.6 is 0 Å². The fourth-order valence-corrected chi connectivity index (χ4v) is 1.78. The maximum atomic E-state index is 3.85. The summed E-state index contributed by atoms with van der Waals surface area (Å²) in [6.45, 7) is 5.88. The van der Waals surface area contributed by atoms with Crippen LogP contribution in [0.3, 0.4) is 0 Å². The quantitative estimate of drug-likeness (QED) is 0.659. The zero-order chi connectivity index (χ0) is 10.7. The second-order valence-electron chi connectivity index (χ2n) is 3.53. The molecule has 0 radical (unpaired) electrons. The first-order valence-electron chi connectivity index (χ1n) is 5.13. The Labute approximate surface area is 90.6 Å². The van der Waals surface area contributed by atoms with Crippen molar-refractivity contribution in [3.8, 4) is 0 Å². The number of benzene rings is 2. The molecule has 0 aliphatic rings. The first-order valence-corrected chi connectivity index (χ1v) is 5.13. The molecule has 74 valence electrons. The third kappa shape index (κ3) is 1.84. The molecule has 0 amide bonds. The van der Waals surface area contributed by atoms with Crippen molar-refractivity contribution in [3.63, 3.8) is 0 Å². The van der Waals surface area contributed by atoms with Gasteiger partial charge in [0.2, 0.25) is 0 Å². The van der Waals surface area contributed by atoms with Crippen molar-refractivity contribution in [2.45, 2.75) is 6.92 Å². The highest BCUT2D eigenvalue weighted by atomic mass is 14.0. The van der Waals surface area contributed by atoms with Crippen molar-refractivity contribution in [3.05, 3.63) is 60.2 Å². The van der Waals surface area contributed by atoms with Crippen LogP contribution in [0.15, 0.2) is 49.1 Å². The van der Waals surface area contributed by atoms with Gasteiger partial charge in [0.05, 0.1) is 0 Å². The van der Waals surface area contributed by atoms with E-state index in [1.807, 2.05) is 13.0 Å². The number of fused-ring (bicyclic) bond motifs is 1. The van der Waals surface area contributed by atoms with Crippen LogP contribution in [0.2, 0.25) is 0 Å². The molecule has 0 unspecified atom stereocenters. The van der Waals surface area contributed by atoms with Crippen molar-refractivity contribution < 1.29 is 0 Å². The largest absolute Gasteiger partial charge is 0.0984 e. The minimum atomic E-state index is 1.19. The zero-order valence-electron chi connectivity index (χ0n) is 8.90. The Morgan fingerprint density at radius 2 is 1.60 bits per heavy atom. The monoisotopic (exact) mass is 194 g/mol.